The van der Waals surface area contributed by atoms with Gasteiger partial charge >= 0.3 is 0 Å². The molecule has 1 aliphatic rings. The molecule has 0 spiro atoms. The van der Waals surface area contributed by atoms with Gasteiger partial charge < -0.3 is 15.5 Å². The number of fused-ring (bicyclic) bond motifs is 1. The van der Waals surface area contributed by atoms with Crippen molar-refractivity contribution in [2.75, 3.05) is 23.4 Å². The molecular weight excluding hydrogens is 429 g/mol. The van der Waals surface area contributed by atoms with Gasteiger partial charge in [0.05, 0.1) is 23.1 Å². The van der Waals surface area contributed by atoms with Crippen molar-refractivity contribution < 1.29 is 4.39 Å². The molecular formula is C26H24FN7. The molecule has 0 saturated carbocycles. The maximum atomic E-state index is 13.6. The van der Waals surface area contributed by atoms with Crippen LogP contribution in [0.15, 0.2) is 73.1 Å². The molecule has 4 aromatic rings. The fraction of sp³-hybridized carbons (Fsp3) is 0.192. The molecule has 5 rings (SSSR count). The Hall–Kier alpha value is -4.22. The van der Waals surface area contributed by atoms with Gasteiger partial charge in [0.25, 0.3) is 0 Å². The van der Waals surface area contributed by atoms with Gasteiger partial charge in [-0.05, 0) is 42.0 Å². The van der Waals surface area contributed by atoms with Gasteiger partial charge in [0, 0.05) is 43.9 Å². The van der Waals surface area contributed by atoms with Gasteiger partial charge in [0.15, 0.2) is 5.65 Å². The minimum absolute atomic E-state index is 0.0180. The number of benzene rings is 2. The minimum atomic E-state index is -0.262. The number of hydrogen-bond donors (Lipinski definition) is 1. The zero-order valence-electron chi connectivity index (χ0n) is 18.8. The molecule has 0 bridgehead atoms. The molecule has 170 valence electrons. The van der Waals surface area contributed by atoms with Crippen LogP contribution in [0.1, 0.15) is 17.5 Å². The first-order valence-electron chi connectivity index (χ1n) is 11.0. The van der Waals surface area contributed by atoms with Crippen LogP contribution >= 0.6 is 0 Å². The van der Waals surface area contributed by atoms with Crippen LogP contribution < -0.4 is 15.5 Å². The maximum Gasteiger partial charge on any atom is 0.154 e. The Balaban J connectivity index is 1.48. The van der Waals surface area contributed by atoms with E-state index >= 15 is 0 Å². The molecule has 8 heteroatoms. The highest BCUT2D eigenvalue weighted by Crippen LogP contribution is 2.33. The first kappa shape index (κ1) is 21.6. The fourth-order valence-electron chi connectivity index (χ4n) is 4.38. The fourth-order valence-corrected chi connectivity index (χ4v) is 4.38. The maximum absolute atomic E-state index is 13.6. The van der Waals surface area contributed by atoms with E-state index in [0.717, 1.165) is 40.4 Å². The third kappa shape index (κ3) is 3.98. The molecule has 2 aromatic carbocycles. The molecule has 34 heavy (non-hydrogen) atoms. The van der Waals surface area contributed by atoms with Crippen LogP contribution in [0.3, 0.4) is 0 Å². The Morgan fingerprint density at radius 2 is 2.09 bits per heavy atom. The van der Waals surface area contributed by atoms with E-state index < -0.39 is 0 Å². The highest BCUT2D eigenvalue weighted by molar-refractivity contribution is 5.73. The average molecular weight is 454 g/mol. The minimum Gasteiger partial charge on any atom is -0.354 e. The van der Waals surface area contributed by atoms with Gasteiger partial charge in [-0.25, -0.2) is 13.9 Å². The van der Waals surface area contributed by atoms with Gasteiger partial charge in [-0.1, -0.05) is 24.8 Å². The standard InChI is InChI=1S/C26H24FN7/c1-17-10-22(29)16-33(17)23-7-6-19(12-20(23)13-28)24-14-30-25-8-9-26(31-34(24)25)32(2)15-18-4-3-5-21(27)11-18/h3-9,11-12,14,22H,1,10,15-16,29H2,2H3/t22-/m0/s1. The summed E-state index contributed by atoms with van der Waals surface area (Å²) in [7, 11) is 1.91. The largest absolute Gasteiger partial charge is 0.354 e. The van der Waals surface area contributed by atoms with Crippen molar-refractivity contribution in [2.24, 2.45) is 5.73 Å². The van der Waals surface area contributed by atoms with Crippen molar-refractivity contribution in [1.29, 1.82) is 5.26 Å². The lowest BCUT2D eigenvalue weighted by atomic mass is 10.1. The van der Waals surface area contributed by atoms with E-state index in [0.29, 0.717) is 24.3 Å². The third-order valence-corrected chi connectivity index (χ3v) is 6.05. The number of rotatable bonds is 5. The predicted molar refractivity (Wildman–Crippen MR) is 131 cm³/mol. The van der Waals surface area contributed by atoms with Crippen molar-refractivity contribution in [3.8, 4) is 17.3 Å². The summed E-state index contributed by atoms with van der Waals surface area (Å²) in [6.45, 7) is 5.25. The third-order valence-electron chi connectivity index (χ3n) is 6.05. The van der Waals surface area contributed by atoms with Crippen LogP contribution in [0.5, 0.6) is 0 Å². The molecule has 2 aromatic heterocycles. The SMILES string of the molecule is C=C1C[C@H](N)CN1c1ccc(-c2cnc3ccc(N(C)Cc4cccc(F)c4)nn23)cc1C#N. The number of nitriles is 1. The van der Waals surface area contributed by atoms with Crippen LogP contribution in [-0.2, 0) is 6.54 Å². The summed E-state index contributed by atoms with van der Waals surface area (Å²) in [6.07, 6.45) is 2.47. The van der Waals surface area contributed by atoms with E-state index in [4.69, 9.17) is 10.8 Å². The summed E-state index contributed by atoms with van der Waals surface area (Å²) in [5.74, 6) is 0.456. The summed E-state index contributed by atoms with van der Waals surface area (Å²) in [4.78, 5) is 8.44. The quantitative estimate of drug-likeness (QED) is 0.490. The number of halogens is 1. The predicted octanol–water partition coefficient (Wildman–Crippen LogP) is 4.09. The van der Waals surface area contributed by atoms with E-state index in [1.54, 1.807) is 16.8 Å². The summed E-state index contributed by atoms with van der Waals surface area (Å²) in [6, 6.07) is 18.4. The smallest absolute Gasteiger partial charge is 0.154 e. The molecule has 0 radical (unpaired) electrons. The van der Waals surface area contributed by atoms with E-state index in [9.17, 15) is 9.65 Å². The van der Waals surface area contributed by atoms with Crippen LogP contribution in [0.4, 0.5) is 15.9 Å². The monoisotopic (exact) mass is 453 g/mol. The molecule has 0 aliphatic carbocycles. The zero-order valence-corrected chi connectivity index (χ0v) is 18.8. The van der Waals surface area contributed by atoms with Crippen LogP contribution in [0, 0.1) is 17.1 Å². The molecule has 2 N–H and O–H groups in total. The molecule has 0 amide bonds. The molecule has 7 nitrogen and oxygen atoms in total. The number of hydrogen-bond acceptors (Lipinski definition) is 6. The first-order valence-corrected chi connectivity index (χ1v) is 11.0. The lowest BCUT2D eigenvalue weighted by molar-refractivity contribution is 0.625. The van der Waals surface area contributed by atoms with Gasteiger partial charge in [-0.15, -0.1) is 5.10 Å². The van der Waals surface area contributed by atoms with E-state index in [1.165, 1.54) is 12.1 Å². The van der Waals surface area contributed by atoms with E-state index in [1.807, 2.05) is 53.2 Å². The van der Waals surface area contributed by atoms with Gasteiger partial charge in [-0.2, -0.15) is 5.26 Å². The zero-order chi connectivity index (χ0) is 23.8. The molecule has 1 atom stereocenters. The Kier molecular flexibility index (Phi) is 5.48. The first-order chi connectivity index (χ1) is 16.4. The molecule has 1 fully saturated rings. The second kappa shape index (κ2) is 8.61. The molecule has 3 heterocycles. The number of nitrogens with zero attached hydrogens (tertiary/aromatic N) is 6. The van der Waals surface area contributed by atoms with Gasteiger partial charge in [0.2, 0.25) is 0 Å². The Morgan fingerprint density at radius 3 is 2.82 bits per heavy atom. The molecule has 1 aliphatic heterocycles. The summed E-state index contributed by atoms with van der Waals surface area (Å²) in [5, 5.41) is 14.6. The highest BCUT2D eigenvalue weighted by Gasteiger charge is 2.25. The topological polar surface area (TPSA) is 86.5 Å². The number of aromatic nitrogens is 3. The second-order valence-electron chi connectivity index (χ2n) is 8.58. The summed E-state index contributed by atoms with van der Waals surface area (Å²) < 4.78 is 15.3. The average Bonchev–Trinajstić information content (AvgIpc) is 3.40. The summed E-state index contributed by atoms with van der Waals surface area (Å²) >= 11 is 0. The number of anilines is 2. The van der Waals surface area contributed by atoms with Crippen LogP contribution in [0.2, 0.25) is 0 Å². The lowest BCUT2D eigenvalue weighted by Crippen LogP contribution is -2.26. The van der Waals surface area contributed by atoms with Crippen molar-refractivity contribution in [2.45, 2.75) is 19.0 Å². The normalized spacial score (nSPS) is 15.6. The van der Waals surface area contributed by atoms with Crippen LogP contribution in [-0.4, -0.2) is 34.2 Å². The van der Waals surface area contributed by atoms with E-state index in [2.05, 4.69) is 17.6 Å². The Bertz CT molecular complexity index is 1430. The van der Waals surface area contributed by atoms with Crippen molar-refractivity contribution in [3.63, 3.8) is 0 Å². The van der Waals surface area contributed by atoms with Crippen molar-refractivity contribution >= 4 is 17.2 Å². The lowest BCUT2D eigenvalue weighted by Gasteiger charge is -2.21. The Labute approximate surface area is 197 Å². The van der Waals surface area contributed by atoms with E-state index in [-0.39, 0.29) is 11.9 Å². The molecule has 0 unspecified atom stereocenters. The molecule has 1 saturated heterocycles. The second-order valence-corrected chi connectivity index (χ2v) is 8.58. The van der Waals surface area contributed by atoms with Crippen LogP contribution in [0.25, 0.3) is 16.9 Å². The summed E-state index contributed by atoms with van der Waals surface area (Å²) in [5.41, 5.74) is 11.5. The van der Waals surface area contributed by atoms with Crippen molar-refractivity contribution in [3.05, 3.63) is 90.0 Å². The van der Waals surface area contributed by atoms with Crippen molar-refractivity contribution in [1.82, 2.24) is 14.6 Å². The highest BCUT2D eigenvalue weighted by atomic mass is 19.1. The number of nitrogens with two attached hydrogens (primary N) is 1. The van der Waals surface area contributed by atoms with Gasteiger partial charge in [-0.3, -0.25) is 0 Å². The Morgan fingerprint density at radius 1 is 1.24 bits per heavy atom. The number of imidazole rings is 1. The van der Waals surface area contributed by atoms with Gasteiger partial charge in [0.1, 0.15) is 17.7 Å².